The van der Waals surface area contributed by atoms with Gasteiger partial charge >= 0.3 is 0 Å². The molecule has 1 heterocycles. The van der Waals surface area contributed by atoms with Gasteiger partial charge in [0.2, 0.25) is 0 Å². The van der Waals surface area contributed by atoms with Crippen molar-refractivity contribution in [1.82, 2.24) is 4.98 Å². The van der Waals surface area contributed by atoms with Crippen molar-refractivity contribution >= 4 is 38.0 Å². The van der Waals surface area contributed by atoms with E-state index in [0.29, 0.717) is 15.6 Å². The lowest BCUT2D eigenvalue weighted by atomic mass is 10.2. The largest absolute Gasteiger partial charge is 0.399 e. The van der Waals surface area contributed by atoms with Crippen LogP contribution in [-0.2, 0) is 16.6 Å². The van der Waals surface area contributed by atoms with Crippen molar-refractivity contribution in [3.05, 3.63) is 53.8 Å². The Hall–Kier alpha value is -1.79. The molecule has 0 fully saturated rings. The maximum Gasteiger partial charge on any atom is 0.182 e. The fourth-order valence-electron chi connectivity index (χ4n) is 1.86. The van der Waals surface area contributed by atoms with Crippen LogP contribution in [0.4, 0.5) is 10.1 Å². The van der Waals surface area contributed by atoms with Crippen LogP contribution in [0.1, 0.15) is 5.56 Å². The SMILES string of the molecule is Nc1ccc2nc(S(=O)Cc3cccc(F)c3)sc2c1. The molecule has 3 nitrogen and oxygen atoms in total. The smallest absolute Gasteiger partial charge is 0.182 e. The van der Waals surface area contributed by atoms with Gasteiger partial charge in [-0.3, -0.25) is 4.21 Å². The molecule has 0 saturated carbocycles. The molecule has 3 rings (SSSR count). The van der Waals surface area contributed by atoms with Gasteiger partial charge in [-0.15, -0.1) is 11.3 Å². The lowest BCUT2D eigenvalue weighted by molar-refractivity contribution is 0.626. The zero-order chi connectivity index (χ0) is 14.1. The van der Waals surface area contributed by atoms with E-state index in [4.69, 9.17) is 5.73 Å². The van der Waals surface area contributed by atoms with Crippen LogP contribution in [0, 0.1) is 5.82 Å². The molecule has 1 unspecified atom stereocenters. The van der Waals surface area contributed by atoms with Crippen molar-refractivity contribution < 1.29 is 8.60 Å². The number of thiazole rings is 1. The van der Waals surface area contributed by atoms with Crippen LogP contribution in [0.15, 0.2) is 46.8 Å². The molecule has 0 aliphatic carbocycles. The summed E-state index contributed by atoms with van der Waals surface area (Å²) >= 11 is 1.36. The van der Waals surface area contributed by atoms with Crippen LogP contribution in [-0.4, -0.2) is 9.19 Å². The monoisotopic (exact) mass is 306 g/mol. The Morgan fingerprint density at radius 1 is 1.25 bits per heavy atom. The molecule has 0 bridgehead atoms. The van der Waals surface area contributed by atoms with Crippen molar-refractivity contribution in [2.24, 2.45) is 0 Å². The van der Waals surface area contributed by atoms with Crippen molar-refractivity contribution in [3.63, 3.8) is 0 Å². The van der Waals surface area contributed by atoms with Crippen molar-refractivity contribution in [2.45, 2.75) is 10.1 Å². The molecule has 0 saturated heterocycles. The molecule has 0 aliphatic heterocycles. The van der Waals surface area contributed by atoms with Crippen LogP contribution >= 0.6 is 11.3 Å². The number of nitrogen functional groups attached to an aromatic ring is 1. The number of benzene rings is 2. The summed E-state index contributed by atoms with van der Waals surface area (Å²) in [6.07, 6.45) is 0. The molecule has 6 heteroatoms. The van der Waals surface area contributed by atoms with E-state index >= 15 is 0 Å². The number of nitrogens with two attached hydrogens (primary N) is 1. The summed E-state index contributed by atoms with van der Waals surface area (Å²) in [5, 5.41) is 0. The maximum atomic E-state index is 13.1. The van der Waals surface area contributed by atoms with Gasteiger partial charge in [-0.1, -0.05) is 12.1 Å². The second-order valence-electron chi connectivity index (χ2n) is 4.33. The zero-order valence-corrected chi connectivity index (χ0v) is 12.0. The summed E-state index contributed by atoms with van der Waals surface area (Å²) in [5.74, 6) is -0.0656. The minimum absolute atomic E-state index is 0.257. The fourth-order valence-corrected chi connectivity index (χ4v) is 4.23. The highest BCUT2D eigenvalue weighted by molar-refractivity contribution is 7.86. The summed E-state index contributed by atoms with van der Waals surface area (Å²) in [7, 11) is -1.28. The van der Waals surface area contributed by atoms with Gasteiger partial charge in [-0.2, -0.15) is 0 Å². The maximum absolute atomic E-state index is 13.1. The van der Waals surface area contributed by atoms with E-state index in [1.165, 1.54) is 23.5 Å². The van der Waals surface area contributed by atoms with E-state index in [-0.39, 0.29) is 11.6 Å². The molecular formula is C14H11FN2OS2. The highest BCUT2D eigenvalue weighted by atomic mass is 32.2. The quantitative estimate of drug-likeness (QED) is 0.755. The van der Waals surface area contributed by atoms with E-state index in [1.54, 1.807) is 18.2 Å². The highest BCUT2D eigenvalue weighted by Crippen LogP contribution is 2.27. The molecule has 0 amide bonds. The topological polar surface area (TPSA) is 56.0 Å². The number of aromatic nitrogens is 1. The van der Waals surface area contributed by atoms with E-state index in [1.807, 2.05) is 12.1 Å². The number of anilines is 1. The summed E-state index contributed by atoms with van der Waals surface area (Å²) in [4.78, 5) is 4.34. The number of hydrogen-bond acceptors (Lipinski definition) is 4. The lowest BCUT2D eigenvalue weighted by Crippen LogP contribution is -1.96. The molecule has 0 aliphatic rings. The molecule has 1 aromatic heterocycles. The van der Waals surface area contributed by atoms with Crippen LogP contribution in [0.2, 0.25) is 0 Å². The first-order valence-corrected chi connectivity index (χ1v) is 8.04. The summed E-state index contributed by atoms with van der Waals surface area (Å²) < 4.78 is 26.8. The van der Waals surface area contributed by atoms with Crippen molar-refractivity contribution in [3.8, 4) is 0 Å². The highest BCUT2D eigenvalue weighted by Gasteiger charge is 2.12. The Kier molecular flexibility index (Phi) is 3.50. The van der Waals surface area contributed by atoms with Gasteiger partial charge in [-0.05, 0) is 35.9 Å². The number of fused-ring (bicyclic) bond motifs is 1. The Morgan fingerprint density at radius 3 is 2.90 bits per heavy atom. The predicted octanol–water partition coefficient (Wildman–Crippen LogP) is 3.33. The van der Waals surface area contributed by atoms with Gasteiger partial charge in [0.1, 0.15) is 5.82 Å². The number of halogens is 1. The summed E-state index contributed by atoms with van der Waals surface area (Å²) in [6, 6.07) is 11.5. The standard InChI is InChI=1S/C14H11FN2OS2/c15-10-3-1-2-9(6-10)8-20(18)14-17-12-5-4-11(16)7-13(12)19-14/h1-7H,8,16H2. The molecule has 102 valence electrons. The van der Waals surface area contributed by atoms with Gasteiger partial charge in [0.05, 0.1) is 26.8 Å². The van der Waals surface area contributed by atoms with Crippen molar-refractivity contribution in [2.75, 3.05) is 5.73 Å². The van der Waals surface area contributed by atoms with Gasteiger partial charge in [0, 0.05) is 5.69 Å². The van der Waals surface area contributed by atoms with Crippen LogP contribution in [0.3, 0.4) is 0 Å². The average Bonchev–Trinajstić information content (AvgIpc) is 2.81. The van der Waals surface area contributed by atoms with Gasteiger partial charge in [-0.25, -0.2) is 9.37 Å². The average molecular weight is 306 g/mol. The summed E-state index contributed by atoms with van der Waals surface area (Å²) in [6.45, 7) is 0. The first kappa shape index (κ1) is 13.2. The number of nitrogens with zero attached hydrogens (tertiary/aromatic N) is 1. The minimum atomic E-state index is -1.28. The molecular weight excluding hydrogens is 295 g/mol. The lowest BCUT2D eigenvalue weighted by Gasteiger charge is -1.99. The van der Waals surface area contributed by atoms with E-state index in [9.17, 15) is 8.60 Å². The normalized spacial score (nSPS) is 12.7. The molecule has 1 atom stereocenters. The van der Waals surface area contributed by atoms with Gasteiger partial charge < -0.3 is 5.73 Å². The van der Waals surface area contributed by atoms with Crippen LogP contribution in [0.25, 0.3) is 10.2 Å². The van der Waals surface area contributed by atoms with Crippen LogP contribution in [0.5, 0.6) is 0 Å². The Labute approximate surface area is 121 Å². The third-order valence-electron chi connectivity index (χ3n) is 2.77. The van der Waals surface area contributed by atoms with Crippen LogP contribution < -0.4 is 5.73 Å². The third-order valence-corrected chi connectivity index (χ3v) is 5.47. The minimum Gasteiger partial charge on any atom is -0.399 e. The van der Waals surface area contributed by atoms with Gasteiger partial charge in [0.25, 0.3) is 0 Å². The Bertz CT molecular complexity index is 801. The van der Waals surface area contributed by atoms with E-state index in [2.05, 4.69) is 4.98 Å². The van der Waals surface area contributed by atoms with E-state index < -0.39 is 10.8 Å². The van der Waals surface area contributed by atoms with Gasteiger partial charge in [0.15, 0.2) is 4.34 Å². The molecule has 0 radical (unpaired) electrons. The number of rotatable bonds is 3. The molecule has 2 aromatic carbocycles. The second-order valence-corrected chi connectivity index (χ2v) is 6.98. The second kappa shape index (κ2) is 5.30. The molecule has 0 spiro atoms. The Balaban J connectivity index is 1.88. The predicted molar refractivity (Wildman–Crippen MR) is 80.5 cm³/mol. The molecule has 3 aromatic rings. The first-order chi connectivity index (χ1) is 9.61. The first-order valence-electron chi connectivity index (χ1n) is 5.91. The molecule has 20 heavy (non-hydrogen) atoms. The zero-order valence-electron chi connectivity index (χ0n) is 10.4. The fraction of sp³-hybridized carbons (Fsp3) is 0.0714. The number of hydrogen-bond donors (Lipinski definition) is 1. The van der Waals surface area contributed by atoms with E-state index in [0.717, 1.165) is 10.2 Å². The van der Waals surface area contributed by atoms with Crippen molar-refractivity contribution in [1.29, 1.82) is 0 Å². The Morgan fingerprint density at radius 2 is 2.10 bits per heavy atom. The third kappa shape index (κ3) is 2.71. The molecule has 2 N–H and O–H groups in total. The summed E-state index contributed by atoms with van der Waals surface area (Å²) in [5.41, 5.74) is 7.85.